The number of benzene rings is 5. The van der Waals surface area contributed by atoms with Crippen molar-refractivity contribution in [3.8, 4) is 22.6 Å². The van der Waals surface area contributed by atoms with Crippen molar-refractivity contribution in [3.63, 3.8) is 0 Å². The molecule has 1 atom stereocenters. The second kappa shape index (κ2) is 7.33. The van der Waals surface area contributed by atoms with Gasteiger partial charge in [-0.25, -0.2) is 0 Å². The third-order valence-corrected chi connectivity index (χ3v) is 6.70. The van der Waals surface area contributed by atoms with Crippen molar-refractivity contribution in [2.45, 2.75) is 5.60 Å². The number of aliphatic hydroxyl groups is 1. The van der Waals surface area contributed by atoms with Crippen LogP contribution in [0.5, 0.6) is 11.5 Å². The standard InChI is InChI=1S/C29H19BrO2/c30-20-15-16-24-23-12-6-7-13-25(23)29(31,26(24)18-20)28-22-11-5-4-8-19(22)14-17-27(28)32-21-9-2-1-3-10-21/h1-18,31H. The van der Waals surface area contributed by atoms with E-state index in [4.69, 9.17) is 4.74 Å². The molecule has 0 spiro atoms. The van der Waals surface area contributed by atoms with Crippen LogP contribution < -0.4 is 4.74 Å². The highest BCUT2D eigenvalue weighted by atomic mass is 79.9. The van der Waals surface area contributed by atoms with Crippen LogP contribution in [0.3, 0.4) is 0 Å². The molecule has 32 heavy (non-hydrogen) atoms. The van der Waals surface area contributed by atoms with Crippen molar-refractivity contribution in [3.05, 3.63) is 130 Å². The molecule has 5 aromatic carbocycles. The summed E-state index contributed by atoms with van der Waals surface area (Å²) >= 11 is 3.61. The van der Waals surface area contributed by atoms with Crippen molar-refractivity contribution in [2.75, 3.05) is 0 Å². The van der Waals surface area contributed by atoms with Crippen molar-refractivity contribution in [1.82, 2.24) is 0 Å². The van der Waals surface area contributed by atoms with Crippen LogP contribution in [0.4, 0.5) is 0 Å². The lowest BCUT2D eigenvalue weighted by Crippen LogP contribution is -2.27. The van der Waals surface area contributed by atoms with E-state index in [-0.39, 0.29) is 0 Å². The first kappa shape index (κ1) is 19.3. The Labute approximate surface area is 194 Å². The first-order valence-corrected chi connectivity index (χ1v) is 11.3. The van der Waals surface area contributed by atoms with Crippen LogP contribution >= 0.6 is 15.9 Å². The molecule has 1 unspecified atom stereocenters. The fourth-order valence-electron chi connectivity index (χ4n) is 4.82. The predicted molar refractivity (Wildman–Crippen MR) is 132 cm³/mol. The van der Waals surface area contributed by atoms with Crippen molar-refractivity contribution < 1.29 is 9.84 Å². The smallest absolute Gasteiger partial charge is 0.145 e. The van der Waals surface area contributed by atoms with Gasteiger partial charge in [-0.05, 0) is 52.2 Å². The molecule has 0 heterocycles. The van der Waals surface area contributed by atoms with Gasteiger partial charge < -0.3 is 9.84 Å². The molecule has 0 radical (unpaired) electrons. The highest BCUT2D eigenvalue weighted by Crippen LogP contribution is 2.55. The van der Waals surface area contributed by atoms with Gasteiger partial charge in [-0.2, -0.15) is 0 Å². The summed E-state index contributed by atoms with van der Waals surface area (Å²) in [4.78, 5) is 0. The minimum Gasteiger partial charge on any atom is -0.457 e. The summed E-state index contributed by atoms with van der Waals surface area (Å²) in [6.45, 7) is 0. The Hall–Kier alpha value is -3.40. The van der Waals surface area contributed by atoms with Crippen LogP contribution in [-0.4, -0.2) is 5.11 Å². The zero-order chi connectivity index (χ0) is 21.7. The fourth-order valence-corrected chi connectivity index (χ4v) is 5.18. The summed E-state index contributed by atoms with van der Waals surface area (Å²) in [5.74, 6) is 1.37. The predicted octanol–water partition coefficient (Wildman–Crippen LogP) is 7.66. The maximum absolute atomic E-state index is 12.6. The van der Waals surface area contributed by atoms with E-state index < -0.39 is 5.60 Å². The maximum Gasteiger partial charge on any atom is 0.145 e. The summed E-state index contributed by atoms with van der Waals surface area (Å²) in [7, 11) is 0. The summed E-state index contributed by atoms with van der Waals surface area (Å²) < 4.78 is 7.31. The molecule has 6 rings (SSSR count). The molecular formula is C29H19BrO2. The summed E-state index contributed by atoms with van der Waals surface area (Å²) in [5, 5.41) is 14.7. The number of para-hydroxylation sites is 1. The lowest BCUT2D eigenvalue weighted by molar-refractivity contribution is 0.129. The third kappa shape index (κ3) is 2.82. The van der Waals surface area contributed by atoms with Crippen LogP contribution in [-0.2, 0) is 5.60 Å². The van der Waals surface area contributed by atoms with Crippen molar-refractivity contribution in [1.29, 1.82) is 0 Å². The van der Waals surface area contributed by atoms with Crippen LogP contribution in [0, 0.1) is 0 Å². The van der Waals surface area contributed by atoms with E-state index in [2.05, 4.69) is 40.2 Å². The van der Waals surface area contributed by atoms with Crippen molar-refractivity contribution in [2.24, 2.45) is 0 Å². The Morgan fingerprint density at radius 3 is 2.25 bits per heavy atom. The van der Waals surface area contributed by atoms with Crippen LogP contribution in [0.1, 0.15) is 16.7 Å². The monoisotopic (exact) mass is 478 g/mol. The zero-order valence-electron chi connectivity index (χ0n) is 17.1. The molecule has 3 heteroatoms. The number of halogens is 1. The Morgan fingerprint density at radius 1 is 0.656 bits per heavy atom. The molecule has 0 aliphatic heterocycles. The Kier molecular flexibility index (Phi) is 4.42. The van der Waals surface area contributed by atoms with Gasteiger partial charge in [-0.3, -0.25) is 0 Å². The molecule has 154 valence electrons. The van der Waals surface area contributed by atoms with Gasteiger partial charge in [0.25, 0.3) is 0 Å². The van der Waals surface area contributed by atoms with E-state index in [0.717, 1.165) is 48.8 Å². The Morgan fingerprint density at radius 2 is 1.38 bits per heavy atom. The van der Waals surface area contributed by atoms with Gasteiger partial charge >= 0.3 is 0 Å². The zero-order valence-corrected chi connectivity index (χ0v) is 18.7. The molecule has 2 nitrogen and oxygen atoms in total. The Bertz CT molecular complexity index is 1480. The average Bonchev–Trinajstić information content (AvgIpc) is 3.08. The van der Waals surface area contributed by atoms with Crippen molar-refractivity contribution >= 4 is 26.7 Å². The first-order valence-electron chi connectivity index (χ1n) is 10.5. The largest absolute Gasteiger partial charge is 0.457 e. The quantitative estimate of drug-likeness (QED) is 0.288. The second-order valence-electron chi connectivity index (χ2n) is 8.02. The van der Waals surface area contributed by atoms with Crippen LogP contribution in [0.15, 0.2) is 114 Å². The molecule has 0 saturated heterocycles. The van der Waals surface area contributed by atoms with Gasteiger partial charge in [0, 0.05) is 21.2 Å². The van der Waals surface area contributed by atoms with Gasteiger partial charge in [0.2, 0.25) is 0 Å². The van der Waals surface area contributed by atoms with Crippen LogP contribution in [0.2, 0.25) is 0 Å². The van der Waals surface area contributed by atoms with E-state index in [9.17, 15) is 5.11 Å². The summed E-state index contributed by atoms with van der Waals surface area (Å²) in [5.41, 5.74) is 3.18. The van der Waals surface area contributed by atoms with E-state index >= 15 is 0 Å². The lowest BCUT2D eigenvalue weighted by atomic mass is 9.81. The molecule has 5 aromatic rings. The molecule has 1 aliphatic carbocycles. The number of hydrogen-bond acceptors (Lipinski definition) is 2. The van der Waals surface area contributed by atoms with Gasteiger partial charge in [0.15, 0.2) is 0 Å². The highest BCUT2D eigenvalue weighted by molar-refractivity contribution is 9.10. The second-order valence-corrected chi connectivity index (χ2v) is 8.94. The Balaban J connectivity index is 1.71. The molecule has 0 bridgehead atoms. The van der Waals surface area contributed by atoms with Gasteiger partial charge in [0.1, 0.15) is 17.1 Å². The summed E-state index contributed by atoms with van der Waals surface area (Å²) in [6, 6.07) is 36.0. The highest BCUT2D eigenvalue weighted by Gasteiger charge is 2.46. The van der Waals surface area contributed by atoms with E-state index in [1.165, 1.54) is 0 Å². The van der Waals surface area contributed by atoms with E-state index in [0.29, 0.717) is 5.75 Å². The minimum absolute atomic E-state index is 0.639. The summed E-state index contributed by atoms with van der Waals surface area (Å²) in [6.07, 6.45) is 0. The van der Waals surface area contributed by atoms with E-state index in [1.807, 2.05) is 84.9 Å². The molecule has 0 fully saturated rings. The van der Waals surface area contributed by atoms with Gasteiger partial charge in [-0.1, -0.05) is 94.8 Å². The maximum atomic E-state index is 12.6. The lowest BCUT2D eigenvalue weighted by Gasteiger charge is -2.30. The van der Waals surface area contributed by atoms with Gasteiger partial charge in [0.05, 0.1) is 0 Å². The molecule has 0 amide bonds. The molecule has 1 aliphatic rings. The number of fused-ring (bicyclic) bond motifs is 4. The third-order valence-electron chi connectivity index (χ3n) is 6.20. The number of ether oxygens (including phenoxy) is 1. The fraction of sp³-hybridized carbons (Fsp3) is 0.0345. The normalized spacial score (nSPS) is 16.6. The molecular weight excluding hydrogens is 460 g/mol. The minimum atomic E-state index is -1.36. The van der Waals surface area contributed by atoms with E-state index in [1.54, 1.807) is 0 Å². The molecule has 0 aromatic heterocycles. The molecule has 0 saturated carbocycles. The average molecular weight is 479 g/mol. The first-order chi connectivity index (χ1) is 15.7. The SMILES string of the molecule is OC1(c2c(Oc3ccccc3)ccc3ccccc23)c2ccccc2-c2ccc(Br)cc21. The topological polar surface area (TPSA) is 29.5 Å². The van der Waals surface area contributed by atoms with Gasteiger partial charge in [-0.15, -0.1) is 0 Å². The number of hydrogen-bond donors (Lipinski definition) is 1. The van der Waals surface area contributed by atoms with Crippen LogP contribution in [0.25, 0.3) is 21.9 Å². The molecule has 1 N–H and O–H groups in total. The number of rotatable bonds is 3.